The van der Waals surface area contributed by atoms with Crippen LogP contribution in [-0.2, 0) is 7.05 Å². The second kappa shape index (κ2) is 4.20. The zero-order valence-electron chi connectivity index (χ0n) is 10.4. The zero-order valence-corrected chi connectivity index (χ0v) is 10.4. The van der Waals surface area contributed by atoms with E-state index in [-0.39, 0.29) is 0 Å². The van der Waals surface area contributed by atoms with E-state index in [4.69, 9.17) is 4.42 Å². The minimum atomic E-state index is 0.341. The molecule has 2 nitrogen and oxygen atoms in total. The third-order valence-electron chi connectivity index (χ3n) is 3.04. The van der Waals surface area contributed by atoms with E-state index < -0.39 is 0 Å². The van der Waals surface area contributed by atoms with Crippen LogP contribution < -0.4 is 0 Å². The SMILES string of the molecule is Cc1ccc(C(c2cccn2C)C(C)C)o1. The van der Waals surface area contributed by atoms with Crippen LogP contribution in [0.2, 0.25) is 0 Å². The predicted octanol–water partition coefficient (Wildman–Crippen LogP) is 3.71. The summed E-state index contributed by atoms with van der Waals surface area (Å²) in [6.07, 6.45) is 2.08. The molecule has 1 unspecified atom stereocenters. The van der Waals surface area contributed by atoms with Crippen LogP contribution in [0.5, 0.6) is 0 Å². The average molecular weight is 217 g/mol. The number of hydrogen-bond acceptors (Lipinski definition) is 1. The zero-order chi connectivity index (χ0) is 11.7. The van der Waals surface area contributed by atoms with Gasteiger partial charge in [0.2, 0.25) is 0 Å². The highest BCUT2D eigenvalue weighted by atomic mass is 16.3. The molecular weight excluding hydrogens is 198 g/mol. The van der Waals surface area contributed by atoms with E-state index in [1.165, 1.54) is 5.69 Å². The Morgan fingerprint density at radius 2 is 1.94 bits per heavy atom. The molecule has 0 radical (unpaired) electrons. The molecule has 2 aromatic rings. The highest BCUT2D eigenvalue weighted by Gasteiger charge is 2.23. The van der Waals surface area contributed by atoms with Crippen LogP contribution in [0.15, 0.2) is 34.9 Å². The van der Waals surface area contributed by atoms with Gasteiger partial charge in [-0.05, 0) is 37.1 Å². The summed E-state index contributed by atoms with van der Waals surface area (Å²) >= 11 is 0. The fraction of sp³-hybridized carbons (Fsp3) is 0.429. The Morgan fingerprint density at radius 1 is 1.19 bits per heavy atom. The lowest BCUT2D eigenvalue weighted by Gasteiger charge is -2.19. The molecule has 2 aromatic heterocycles. The van der Waals surface area contributed by atoms with Gasteiger partial charge in [-0.1, -0.05) is 13.8 Å². The number of rotatable bonds is 3. The van der Waals surface area contributed by atoms with Gasteiger partial charge in [-0.15, -0.1) is 0 Å². The van der Waals surface area contributed by atoms with Crippen molar-refractivity contribution in [1.82, 2.24) is 4.57 Å². The van der Waals surface area contributed by atoms with Gasteiger partial charge in [0.25, 0.3) is 0 Å². The van der Waals surface area contributed by atoms with Crippen LogP contribution in [0.25, 0.3) is 0 Å². The van der Waals surface area contributed by atoms with Crippen molar-refractivity contribution in [2.75, 3.05) is 0 Å². The Labute approximate surface area is 96.9 Å². The molecule has 0 aliphatic heterocycles. The molecule has 0 spiro atoms. The standard InChI is InChI=1S/C14H19NO/c1-10(2)14(12-6-5-9-15(12)4)13-8-7-11(3)16-13/h5-10,14H,1-4H3. The van der Waals surface area contributed by atoms with Crippen LogP contribution in [0.4, 0.5) is 0 Å². The summed E-state index contributed by atoms with van der Waals surface area (Å²) in [7, 11) is 2.08. The van der Waals surface area contributed by atoms with Crippen LogP contribution >= 0.6 is 0 Å². The number of furan rings is 1. The summed E-state index contributed by atoms with van der Waals surface area (Å²) in [5.41, 5.74) is 1.31. The Kier molecular flexibility index (Phi) is 2.90. The number of aryl methyl sites for hydroxylation is 2. The fourth-order valence-electron chi connectivity index (χ4n) is 2.23. The summed E-state index contributed by atoms with van der Waals surface area (Å²) in [4.78, 5) is 0. The maximum Gasteiger partial charge on any atom is 0.113 e. The van der Waals surface area contributed by atoms with Crippen molar-refractivity contribution in [1.29, 1.82) is 0 Å². The van der Waals surface area contributed by atoms with E-state index in [0.717, 1.165) is 11.5 Å². The second-order valence-corrected chi connectivity index (χ2v) is 4.71. The van der Waals surface area contributed by atoms with Crippen molar-refractivity contribution in [3.63, 3.8) is 0 Å². The van der Waals surface area contributed by atoms with Gasteiger partial charge in [0.1, 0.15) is 11.5 Å². The molecule has 1 atom stereocenters. The number of aromatic nitrogens is 1. The van der Waals surface area contributed by atoms with Crippen LogP contribution in [0.1, 0.15) is 37.0 Å². The molecule has 0 N–H and O–H groups in total. The van der Waals surface area contributed by atoms with E-state index >= 15 is 0 Å². The van der Waals surface area contributed by atoms with Gasteiger partial charge in [0.05, 0.1) is 5.92 Å². The molecule has 0 saturated carbocycles. The monoisotopic (exact) mass is 217 g/mol. The van der Waals surface area contributed by atoms with E-state index in [1.54, 1.807) is 0 Å². The van der Waals surface area contributed by atoms with Gasteiger partial charge in [0, 0.05) is 18.9 Å². The second-order valence-electron chi connectivity index (χ2n) is 4.71. The summed E-state index contributed by atoms with van der Waals surface area (Å²) in [5, 5.41) is 0. The average Bonchev–Trinajstić information content (AvgIpc) is 2.78. The first kappa shape index (κ1) is 11.1. The van der Waals surface area contributed by atoms with E-state index in [1.807, 2.05) is 13.0 Å². The molecule has 0 fully saturated rings. The normalized spacial score (nSPS) is 13.3. The first-order valence-electron chi connectivity index (χ1n) is 5.77. The van der Waals surface area contributed by atoms with Gasteiger partial charge in [-0.2, -0.15) is 0 Å². The molecule has 2 heterocycles. The van der Waals surface area contributed by atoms with Crippen molar-refractivity contribution < 1.29 is 4.42 Å². The van der Waals surface area contributed by atoms with Gasteiger partial charge in [-0.25, -0.2) is 0 Å². The lowest BCUT2D eigenvalue weighted by molar-refractivity contribution is 0.408. The highest BCUT2D eigenvalue weighted by Crippen LogP contribution is 2.32. The molecule has 0 saturated heterocycles. The predicted molar refractivity (Wildman–Crippen MR) is 65.5 cm³/mol. The van der Waals surface area contributed by atoms with Crippen LogP contribution in [0, 0.1) is 12.8 Å². The molecule has 0 aliphatic rings. The third kappa shape index (κ3) is 1.92. The van der Waals surface area contributed by atoms with Crippen molar-refractivity contribution in [2.45, 2.75) is 26.7 Å². The summed E-state index contributed by atoms with van der Waals surface area (Å²) in [5.74, 6) is 2.91. The Morgan fingerprint density at radius 3 is 2.38 bits per heavy atom. The molecule has 0 aliphatic carbocycles. The van der Waals surface area contributed by atoms with Gasteiger partial charge < -0.3 is 8.98 Å². The third-order valence-corrected chi connectivity index (χ3v) is 3.04. The van der Waals surface area contributed by atoms with E-state index in [2.05, 4.69) is 49.9 Å². The quantitative estimate of drug-likeness (QED) is 0.766. The molecular formula is C14H19NO. The van der Waals surface area contributed by atoms with Gasteiger partial charge in [-0.3, -0.25) is 0 Å². The van der Waals surface area contributed by atoms with Crippen molar-refractivity contribution in [2.24, 2.45) is 13.0 Å². The minimum absolute atomic E-state index is 0.341. The Hall–Kier alpha value is -1.44. The lowest BCUT2D eigenvalue weighted by atomic mass is 9.90. The van der Waals surface area contributed by atoms with E-state index in [0.29, 0.717) is 11.8 Å². The van der Waals surface area contributed by atoms with Crippen LogP contribution in [0.3, 0.4) is 0 Å². The maximum atomic E-state index is 5.77. The Bertz CT molecular complexity index is 465. The van der Waals surface area contributed by atoms with Gasteiger partial charge in [0.15, 0.2) is 0 Å². The molecule has 86 valence electrons. The molecule has 16 heavy (non-hydrogen) atoms. The van der Waals surface area contributed by atoms with Crippen molar-refractivity contribution in [3.8, 4) is 0 Å². The summed E-state index contributed by atoms with van der Waals surface area (Å²) < 4.78 is 7.94. The first-order chi connectivity index (χ1) is 7.59. The lowest BCUT2D eigenvalue weighted by Crippen LogP contribution is -2.11. The fourth-order valence-corrected chi connectivity index (χ4v) is 2.23. The summed E-state index contributed by atoms with van der Waals surface area (Å²) in [6, 6.07) is 8.38. The summed E-state index contributed by atoms with van der Waals surface area (Å²) in [6.45, 7) is 6.46. The maximum absolute atomic E-state index is 5.77. The molecule has 0 bridgehead atoms. The molecule has 0 amide bonds. The van der Waals surface area contributed by atoms with Crippen LogP contribution in [-0.4, -0.2) is 4.57 Å². The minimum Gasteiger partial charge on any atom is -0.466 e. The van der Waals surface area contributed by atoms with Crippen molar-refractivity contribution >= 4 is 0 Å². The number of nitrogens with zero attached hydrogens (tertiary/aromatic N) is 1. The molecule has 2 rings (SSSR count). The van der Waals surface area contributed by atoms with E-state index in [9.17, 15) is 0 Å². The largest absolute Gasteiger partial charge is 0.466 e. The number of hydrogen-bond donors (Lipinski definition) is 0. The smallest absolute Gasteiger partial charge is 0.113 e. The van der Waals surface area contributed by atoms with Crippen molar-refractivity contribution in [3.05, 3.63) is 47.7 Å². The van der Waals surface area contributed by atoms with Gasteiger partial charge >= 0.3 is 0 Å². The Balaban J connectivity index is 2.42. The first-order valence-corrected chi connectivity index (χ1v) is 5.77. The topological polar surface area (TPSA) is 18.1 Å². The molecule has 0 aromatic carbocycles. The highest BCUT2D eigenvalue weighted by molar-refractivity contribution is 5.24. The molecule has 2 heteroatoms.